The Labute approximate surface area is 161 Å². The molecule has 5 rings (SSSR count). The van der Waals surface area contributed by atoms with Gasteiger partial charge in [-0.15, -0.1) is 11.3 Å². The molecular formula is C21H21N5S. The molecule has 0 bridgehead atoms. The summed E-state index contributed by atoms with van der Waals surface area (Å²) in [5.74, 6) is 0.681. The molecule has 1 atom stereocenters. The van der Waals surface area contributed by atoms with Gasteiger partial charge in [-0.3, -0.25) is 0 Å². The van der Waals surface area contributed by atoms with E-state index in [0.29, 0.717) is 12.5 Å². The maximum Gasteiger partial charge on any atom is 0.123 e. The lowest BCUT2D eigenvalue weighted by molar-refractivity contribution is 0.552. The van der Waals surface area contributed by atoms with E-state index in [9.17, 15) is 0 Å². The average Bonchev–Trinajstić information content (AvgIpc) is 3.26. The number of rotatable bonds is 5. The smallest absolute Gasteiger partial charge is 0.123 e. The first-order chi connectivity index (χ1) is 13.2. The Hall–Kier alpha value is -2.54. The molecule has 0 saturated heterocycles. The first-order valence-corrected chi connectivity index (χ1v) is 10.0. The topological polar surface area (TPSA) is 93.6 Å². The predicted molar refractivity (Wildman–Crippen MR) is 110 cm³/mol. The van der Waals surface area contributed by atoms with Crippen LogP contribution in [0.4, 0.5) is 0 Å². The zero-order valence-corrected chi connectivity index (χ0v) is 15.7. The number of imidazole rings is 1. The van der Waals surface area contributed by atoms with Crippen molar-refractivity contribution in [2.75, 3.05) is 6.54 Å². The molecule has 5 nitrogen and oxygen atoms in total. The van der Waals surface area contributed by atoms with Crippen LogP contribution in [0.2, 0.25) is 0 Å². The number of nitrogens with one attached hydrogen (secondary N) is 1. The molecule has 2 heterocycles. The number of hydrogen-bond acceptors (Lipinski definition) is 5. The molecule has 5 N–H and O–H groups in total. The monoisotopic (exact) mass is 375 g/mol. The summed E-state index contributed by atoms with van der Waals surface area (Å²) in [5.41, 5.74) is 18.3. The minimum atomic E-state index is -0.750. The number of fused-ring (bicyclic) bond motifs is 1. The molecule has 2 aromatic carbocycles. The van der Waals surface area contributed by atoms with Crippen molar-refractivity contribution in [1.29, 1.82) is 0 Å². The Morgan fingerprint density at radius 1 is 1.11 bits per heavy atom. The molecule has 1 fully saturated rings. The molecule has 0 aliphatic heterocycles. The number of nitrogens with two attached hydrogens (primary N) is 2. The number of thiazole rings is 1. The second kappa shape index (κ2) is 6.27. The molecule has 4 aromatic rings. The number of aromatic nitrogens is 3. The summed E-state index contributed by atoms with van der Waals surface area (Å²) in [6, 6.07) is 14.3. The van der Waals surface area contributed by atoms with Crippen molar-refractivity contribution < 1.29 is 0 Å². The summed E-state index contributed by atoms with van der Waals surface area (Å²) < 4.78 is 0. The number of H-pyrrole nitrogens is 1. The third kappa shape index (κ3) is 2.86. The Balaban J connectivity index is 1.49. The van der Waals surface area contributed by atoms with Gasteiger partial charge >= 0.3 is 0 Å². The van der Waals surface area contributed by atoms with Crippen molar-refractivity contribution in [2.24, 2.45) is 11.5 Å². The zero-order chi connectivity index (χ0) is 18.4. The second-order valence-electron chi connectivity index (χ2n) is 7.24. The number of nitrogens with zero attached hydrogens (tertiary/aromatic N) is 2. The van der Waals surface area contributed by atoms with Gasteiger partial charge in [0.15, 0.2) is 0 Å². The van der Waals surface area contributed by atoms with E-state index in [-0.39, 0.29) is 0 Å². The van der Waals surface area contributed by atoms with Crippen LogP contribution in [0, 0.1) is 0 Å². The van der Waals surface area contributed by atoms with Gasteiger partial charge < -0.3 is 16.5 Å². The van der Waals surface area contributed by atoms with Crippen LogP contribution in [0.1, 0.15) is 35.6 Å². The van der Waals surface area contributed by atoms with Gasteiger partial charge in [-0.2, -0.15) is 0 Å². The van der Waals surface area contributed by atoms with Crippen molar-refractivity contribution >= 4 is 22.4 Å². The molecule has 1 unspecified atom stereocenters. The maximum atomic E-state index is 6.77. The summed E-state index contributed by atoms with van der Waals surface area (Å²) in [4.78, 5) is 12.2. The van der Waals surface area contributed by atoms with E-state index in [1.54, 1.807) is 17.7 Å². The van der Waals surface area contributed by atoms with Crippen LogP contribution in [0.5, 0.6) is 0 Å². The summed E-state index contributed by atoms with van der Waals surface area (Å²) in [6.07, 6.45) is 4.23. The molecule has 0 amide bonds. The van der Waals surface area contributed by atoms with Crippen LogP contribution < -0.4 is 11.5 Å². The van der Waals surface area contributed by atoms with Crippen LogP contribution in [-0.4, -0.2) is 21.5 Å². The van der Waals surface area contributed by atoms with Crippen molar-refractivity contribution in [3.8, 4) is 10.6 Å². The van der Waals surface area contributed by atoms with Crippen LogP contribution in [0.25, 0.3) is 21.6 Å². The van der Waals surface area contributed by atoms with Crippen LogP contribution >= 0.6 is 11.3 Å². The third-order valence-corrected chi connectivity index (χ3v) is 6.33. The fourth-order valence-corrected chi connectivity index (χ4v) is 4.42. The fourth-order valence-electron chi connectivity index (χ4n) is 3.51. The SMILES string of the molecule is NCC(N)(c1ccc(-c2nc(C3CC3)cs2)cc1)c1ccc2nc[nH]c2c1. The minimum Gasteiger partial charge on any atom is -0.345 e. The van der Waals surface area contributed by atoms with E-state index >= 15 is 0 Å². The van der Waals surface area contributed by atoms with Gasteiger partial charge in [-0.25, -0.2) is 9.97 Å². The highest BCUT2D eigenvalue weighted by Crippen LogP contribution is 2.41. The number of aromatic amines is 1. The van der Waals surface area contributed by atoms with E-state index in [1.165, 1.54) is 18.5 Å². The Bertz CT molecular complexity index is 1090. The highest BCUT2D eigenvalue weighted by Gasteiger charge is 2.29. The summed E-state index contributed by atoms with van der Waals surface area (Å²) in [5, 5.41) is 3.26. The van der Waals surface area contributed by atoms with Crippen molar-refractivity contribution in [1.82, 2.24) is 15.0 Å². The predicted octanol–water partition coefficient (Wildman–Crippen LogP) is 3.72. The molecular weight excluding hydrogens is 354 g/mol. The maximum absolute atomic E-state index is 6.77. The molecule has 1 aliphatic rings. The highest BCUT2D eigenvalue weighted by atomic mass is 32.1. The normalized spacial score (nSPS) is 16.5. The minimum absolute atomic E-state index is 0.315. The van der Waals surface area contributed by atoms with E-state index in [1.807, 2.05) is 18.2 Å². The summed E-state index contributed by atoms with van der Waals surface area (Å²) in [6.45, 7) is 0.315. The molecule has 0 radical (unpaired) electrons. The Morgan fingerprint density at radius 2 is 1.89 bits per heavy atom. The molecule has 136 valence electrons. The second-order valence-corrected chi connectivity index (χ2v) is 8.10. The van der Waals surface area contributed by atoms with Gasteiger partial charge in [0, 0.05) is 23.4 Å². The molecule has 1 saturated carbocycles. The van der Waals surface area contributed by atoms with Crippen LogP contribution in [0.3, 0.4) is 0 Å². The van der Waals surface area contributed by atoms with Crippen LogP contribution in [-0.2, 0) is 5.54 Å². The number of hydrogen-bond donors (Lipinski definition) is 3. The highest BCUT2D eigenvalue weighted by molar-refractivity contribution is 7.13. The largest absolute Gasteiger partial charge is 0.345 e. The Morgan fingerprint density at radius 3 is 2.63 bits per heavy atom. The van der Waals surface area contributed by atoms with E-state index in [4.69, 9.17) is 16.5 Å². The van der Waals surface area contributed by atoms with Crippen LogP contribution in [0.15, 0.2) is 54.2 Å². The lowest BCUT2D eigenvalue weighted by Gasteiger charge is -2.29. The lowest BCUT2D eigenvalue weighted by Crippen LogP contribution is -2.45. The van der Waals surface area contributed by atoms with Crippen molar-refractivity contribution in [3.63, 3.8) is 0 Å². The molecule has 27 heavy (non-hydrogen) atoms. The molecule has 2 aromatic heterocycles. The van der Waals surface area contributed by atoms with Gasteiger partial charge in [-0.1, -0.05) is 30.3 Å². The quantitative estimate of drug-likeness (QED) is 0.495. The standard InChI is InChI=1S/C21H21N5S/c22-11-21(23,16-7-8-17-18(9-16)25-12-24-17)15-5-3-14(4-6-15)20-26-19(10-27-20)13-1-2-13/h3-10,12-13H,1-2,11,22-23H2,(H,24,25). The summed E-state index contributed by atoms with van der Waals surface area (Å²) >= 11 is 1.71. The first kappa shape index (κ1) is 16.6. The van der Waals surface area contributed by atoms with Crippen molar-refractivity contribution in [2.45, 2.75) is 24.3 Å². The molecule has 1 aliphatic carbocycles. The van der Waals surface area contributed by atoms with E-state index in [0.717, 1.165) is 32.7 Å². The lowest BCUT2D eigenvalue weighted by atomic mass is 9.83. The first-order valence-electron chi connectivity index (χ1n) is 9.16. The third-order valence-electron chi connectivity index (χ3n) is 5.42. The van der Waals surface area contributed by atoms with Gasteiger partial charge in [0.1, 0.15) is 5.01 Å². The van der Waals surface area contributed by atoms with Gasteiger partial charge in [0.25, 0.3) is 0 Å². The molecule has 6 heteroatoms. The van der Waals surface area contributed by atoms with E-state index < -0.39 is 5.54 Å². The van der Waals surface area contributed by atoms with E-state index in [2.05, 4.69) is 39.6 Å². The summed E-state index contributed by atoms with van der Waals surface area (Å²) in [7, 11) is 0. The number of benzene rings is 2. The zero-order valence-electron chi connectivity index (χ0n) is 14.9. The Kier molecular flexibility index (Phi) is 3.86. The van der Waals surface area contributed by atoms with Gasteiger partial charge in [0.2, 0.25) is 0 Å². The fraction of sp³-hybridized carbons (Fsp3) is 0.238. The van der Waals surface area contributed by atoms with Gasteiger partial charge in [-0.05, 0) is 36.1 Å². The van der Waals surface area contributed by atoms with Crippen molar-refractivity contribution in [3.05, 3.63) is 71.0 Å². The molecule has 0 spiro atoms. The van der Waals surface area contributed by atoms with Gasteiger partial charge in [0.05, 0.1) is 28.6 Å². The average molecular weight is 376 g/mol.